The Labute approximate surface area is 164 Å². The molecule has 0 bridgehead atoms. The van der Waals surface area contributed by atoms with Crippen molar-refractivity contribution in [2.45, 2.75) is 39.7 Å². The summed E-state index contributed by atoms with van der Waals surface area (Å²) >= 11 is 0. The molecule has 140 valence electrons. The molecule has 2 aromatic rings. The Morgan fingerprint density at radius 2 is 2.08 bits per heavy atom. The molecule has 25 heavy (non-hydrogen) atoms. The largest absolute Gasteiger partial charge is 0.463 e. The number of hydrogen-bond donors (Lipinski definition) is 3. The van der Waals surface area contributed by atoms with Crippen molar-refractivity contribution in [3.8, 4) is 0 Å². The molecule has 2 heterocycles. The summed E-state index contributed by atoms with van der Waals surface area (Å²) in [5.41, 5.74) is -1.17. The maximum Gasteiger partial charge on any atom is 0.228 e. The maximum absolute atomic E-state index is 10.5. The zero-order chi connectivity index (χ0) is 17.6. The van der Waals surface area contributed by atoms with Gasteiger partial charge in [0.15, 0.2) is 11.8 Å². The molecule has 1 unspecified atom stereocenters. The molecule has 0 amide bonds. The van der Waals surface area contributed by atoms with Gasteiger partial charge in [0.05, 0.1) is 6.54 Å². The summed E-state index contributed by atoms with van der Waals surface area (Å²) in [6, 6.07) is 3.59. The quantitative estimate of drug-likeness (QED) is 0.327. The molecule has 0 aliphatic rings. The van der Waals surface area contributed by atoms with Gasteiger partial charge in [-0.25, -0.2) is 4.99 Å². The van der Waals surface area contributed by atoms with E-state index in [1.807, 2.05) is 19.9 Å². The fourth-order valence-electron chi connectivity index (χ4n) is 2.11. The average Bonchev–Trinajstić information content (AvgIpc) is 3.14. The Bertz CT molecular complexity index is 681. The number of nitrogens with zero attached hydrogens (tertiary/aromatic N) is 3. The number of aliphatic hydroxyl groups is 1. The normalized spacial score (nSPS) is 13.9. The van der Waals surface area contributed by atoms with Crippen LogP contribution in [-0.2, 0) is 12.0 Å². The molecule has 2 rings (SSSR count). The molecule has 0 spiro atoms. The van der Waals surface area contributed by atoms with Gasteiger partial charge in [-0.05, 0) is 39.8 Å². The standard InChI is InChI=1S/C16H25N5O3.HI/c1-5-17-15(18-9-8-14-20-12(3)21-24-14)19-10-16(4,22)13-7-6-11(2)23-13;/h6-7,22H,5,8-10H2,1-4H3,(H2,17,18,19);1H. The van der Waals surface area contributed by atoms with Crippen molar-refractivity contribution in [2.75, 3.05) is 19.6 Å². The third kappa shape index (κ3) is 6.65. The van der Waals surface area contributed by atoms with E-state index in [1.54, 1.807) is 19.9 Å². The van der Waals surface area contributed by atoms with Crippen LogP contribution in [-0.4, -0.2) is 40.8 Å². The Morgan fingerprint density at radius 1 is 1.32 bits per heavy atom. The number of aliphatic imine (C=N–C) groups is 1. The minimum Gasteiger partial charge on any atom is -0.463 e. The first-order valence-electron chi connectivity index (χ1n) is 8.01. The second-order valence-electron chi connectivity index (χ2n) is 5.79. The lowest BCUT2D eigenvalue weighted by Crippen LogP contribution is -2.39. The molecular formula is C16H26IN5O3. The summed E-state index contributed by atoms with van der Waals surface area (Å²) < 4.78 is 10.6. The predicted octanol–water partition coefficient (Wildman–Crippen LogP) is 1.90. The molecule has 0 saturated carbocycles. The fourth-order valence-corrected chi connectivity index (χ4v) is 2.11. The number of aromatic nitrogens is 2. The van der Waals surface area contributed by atoms with E-state index >= 15 is 0 Å². The molecule has 3 N–H and O–H groups in total. The second kappa shape index (κ2) is 9.76. The van der Waals surface area contributed by atoms with Crippen LogP contribution in [0.25, 0.3) is 0 Å². The van der Waals surface area contributed by atoms with Crippen LogP contribution in [0.4, 0.5) is 0 Å². The lowest BCUT2D eigenvalue weighted by molar-refractivity contribution is 0.0428. The molecule has 8 nitrogen and oxygen atoms in total. The van der Waals surface area contributed by atoms with Gasteiger partial charge in [0.25, 0.3) is 0 Å². The smallest absolute Gasteiger partial charge is 0.228 e. The van der Waals surface area contributed by atoms with Gasteiger partial charge in [-0.2, -0.15) is 4.98 Å². The highest BCUT2D eigenvalue weighted by Gasteiger charge is 2.26. The van der Waals surface area contributed by atoms with E-state index in [-0.39, 0.29) is 30.5 Å². The third-order valence-electron chi connectivity index (χ3n) is 3.36. The molecule has 9 heteroatoms. The van der Waals surface area contributed by atoms with Crippen LogP contribution >= 0.6 is 24.0 Å². The van der Waals surface area contributed by atoms with Crippen molar-refractivity contribution >= 4 is 29.9 Å². The summed E-state index contributed by atoms with van der Waals surface area (Å²) in [5.74, 6) is 3.07. The molecule has 0 radical (unpaired) electrons. The number of hydrogen-bond acceptors (Lipinski definition) is 6. The van der Waals surface area contributed by atoms with Gasteiger partial charge >= 0.3 is 0 Å². The van der Waals surface area contributed by atoms with Crippen molar-refractivity contribution in [1.82, 2.24) is 20.8 Å². The second-order valence-corrected chi connectivity index (χ2v) is 5.79. The number of halogens is 1. The lowest BCUT2D eigenvalue weighted by Gasteiger charge is -2.19. The Morgan fingerprint density at radius 3 is 2.64 bits per heavy atom. The van der Waals surface area contributed by atoms with Crippen LogP contribution in [0.3, 0.4) is 0 Å². The van der Waals surface area contributed by atoms with Crippen molar-refractivity contribution < 1.29 is 14.0 Å². The van der Waals surface area contributed by atoms with E-state index < -0.39 is 5.60 Å². The monoisotopic (exact) mass is 463 g/mol. The molecule has 0 aromatic carbocycles. The average molecular weight is 463 g/mol. The number of furan rings is 1. The number of rotatable bonds is 7. The molecule has 0 fully saturated rings. The van der Waals surface area contributed by atoms with Gasteiger partial charge in [-0.15, -0.1) is 24.0 Å². The van der Waals surface area contributed by atoms with E-state index in [4.69, 9.17) is 8.94 Å². The Hall–Kier alpha value is -1.62. The maximum atomic E-state index is 10.5. The van der Waals surface area contributed by atoms with Crippen molar-refractivity contribution in [1.29, 1.82) is 0 Å². The zero-order valence-corrected chi connectivity index (χ0v) is 17.3. The summed E-state index contributed by atoms with van der Waals surface area (Å²) in [4.78, 5) is 8.58. The number of nitrogens with one attached hydrogen (secondary N) is 2. The molecular weight excluding hydrogens is 437 g/mol. The van der Waals surface area contributed by atoms with E-state index in [0.717, 1.165) is 5.76 Å². The molecule has 1 atom stereocenters. The summed E-state index contributed by atoms with van der Waals surface area (Å²) in [5, 5.41) is 20.6. The fraction of sp³-hybridized carbons (Fsp3) is 0.562. The van der Waals surface area contributed by atoms with Gasteiger partial charge < -0.3 is 24.7 Å². The molecule has 0 aliphatic carbocycles. The van der Waals surface area contributed by atoms with Crippen molar-refractivity contribution in [3.63, 3.8) is 0 Å². The molecule has 2 aromatic heterocycles. The first-order valence-corrected chi connectivity index (χ1v) is 8.01. The van der Waals surface area contributed by atoms with Crippen LogP contribution in [0.2, 0.25) is 0 Å². The number of guanidine groups is 1. The van der Waals surface area contributed by atoms with Crippen LogP contribution in [0, 0.1) is 13.8 Å². The van der Waals surface area contributed by atoms with Gasteiger partial charge in [0.2, 0.25) is 5.89 Å². The van der Waals surface area contributed by atoms with Crippen LogP contribution in [0.15, 0.2) is 26.1 Å². The van der Waals surface area contributed by atoms with Gasteiger partial charge in [-0.3, -0.25) is 0 Å². The molecule has 0 saturated heterocycles. The minimum absolute atomic E-state index is 0. The van der Waals surface area contributed by atoms with Crippen LogP contribution in [0.5, 0.6) is 0 Å². The highest BCUT2D eigenvalue weighted by Crippen LogP contribution is 2.22. The summed E-state index contributed by atoms with van der Waals surface area (Å²) in [6.45, 7) is 8.77. The van der Waals surface area contributed by atoms with E-state index in [2.05, 4.69) is 25.8 Å². The first-order chi connectivity index (χ1) is 11.4. The van der Waals surface area contributed by atoms with Gasteiger partial charge in [0.1, 0.15) is 17.1 Å². The SMILES string of the molecule is CCNC(=NCC(C)(O)c1ccc(C)o1)NCCc1nc(C)no1.I. The summed E-state index contributed by atoms with van der Waals surface area (Å²) in [7, 11) is 0. The highest BCUT2D eigenvalue weighted by molar-refractivity contribution is 14.0. The van der Waals surface area contributed by atoms with Crippen LogP contribution < -0.4 is 10.6 Å². The van der Waals surface area contributed by atoms with E-state index in [9.17, 15) is 5.11 Å². The van der Waals surface area contributed by atoms with Gasteiger partial charge in [-0.1, -0.05) is 5.16 Å². The van der Waals surface area contributed by atoms with Crippen molar-refractivity contribution in [3.05, 3.63) is 35.4 Å². The van der Waals surface area contributed by atoms with Gasteiger partial charge in [0, 0.05) is 19.5 Å². The lowest BCUT2D eigenvalue weighted by atomic mass is 10.0. The predicted molar refractivity (Wildman–Crippen MR) is 105 cm³/mol. The third-order valence-corrected chi connectivity index (χ3v) is 3.36. The van der Waals surface area contributed by atoms with E-state index in [0.29, 0.717) is 42.9 Å². The zero-order valence-electron chi connectivity index (χ0n) is 15.0. The Kier molecular flexibility index (Phi) is 8.36. The summed E-state index contributed by atoms with van der Waals surface area (Å²) in [6.07, 6.45) is 0.596. The highest BCUT2D eigenvalue weighted by atomic mass is 127. The number of aryl methyl sites for hydroxylation is 2. The van der Waals surface area contributed by atoms with Crippen LogP contribution in [0.1, 0.15) is 37.1 Å². The van der Waals surface area contributed by atoms with Crippen molar-refractivity contribution in [2.24, 2.45) is 4.99 Å². The topological polar surface area (TPSA) is 109 Å². The van der Waals surface area contributed by atoms with E-state index in [1.165, 1.54) is 0 Å². The first kappa shape index (κ1) is 21.4. The minimum atomic E-state index is -1.17. The Balaban J connectivity index is 0.00000312. The molecule has 0 aliphatic heterocycles.